The van der Waals surface area contributed by atoms with Gasteiger partial charge in [0.15, 0.2) is 5.78 Å². The van der Waals surface area contributed by atoms with Crippen molar-refractivity contribution >= 4 is 28.0 Å². The van der Waals surface area contributed by atoms with Gasteiger partial charge < -0.3 is 10.2 Å². The lowest BCUT2D eigenvalue weighted by atomic mass is 9.94. The van der Waals surface area contributed by atoms with Gasteiger partial charge in [-0.3, -0.25) is 4.79 Å². The van der Waals surface area contributed by atoms with Gasteiger partial charge >= 0.3 is 0 Å². The number of carbonyl (C=O) groups excluding carboxylic acids is 1. The van der Waals surface area contributed by atoms with E-state index in [1.807, 2.05) is 0 Å². The Kier molecular flexibility index (Phi) is 8.48. The zero-order valence-electron chi connectivity index (χ0n) is 19.9. The van der Waals surface area contributed by atoms with E-state index in [4.69, 9.17) is 0 Å². The molecule has 7 heteroatoms. The number of sulfonamides is 1. The van der Waals surface area contributed by atoms with Crippen LogP contribution in [0.1, 0.15) is 35.6 Å². The van der Waals surface area contributed by atoms with Crippen LogP contribution in [0.5, 0.6) is 11.5 Å². The zero-order valence-corrected chi connectivity index (χ0v) is 20.7. The summed E-state index contributed by atoms with van der Waals surface area (Å²) < 4.78 is 27.2. The van der Waals surface area contributed by atoms with Gasteiger partial charge in [-0.1, -0.05) is 31.2 Å². The highest BCUT2D eigenvalue weighted by molar-refractivity contribution is 7.89. The summed E-state index contributed by atoms with van der Waals surface area (Å²) in [6.45, 7) is 9.16. The Morgan fingerprint density at radius 1 is 0.886 bits per heavy atom. The average Bonchev–Trinajstić information content (AvgIpc) is 2.81. The normalized spacial score (nSPS) is 17.1. The molecule has 0 amide bonds. The fourth-order valence-electron chi connectivity index (χ4n) is 4.02. The van der Waals surface area contributed by atoms with Crippen LogP contribution in [-0.2, 0) is 27.7 Å². The molecule has 2 aromatic carbocycles. The SMILES string of the molecule is C=CCc1cc(/C=C2\CN(S(=O)(=O)CCC)C/C(=C\c3ccc(O)c(CC=C)c3)C2=O)ccc1O. The number of hydrogen-bond acceptors (Lipinski definition) is 5. The molecule has 0 saturated carbocycles. The maximum atomic E-state index is 13.4. The zero-order chi connectivity index (χ0) is 25.6. The number of phenolic OH excluding ortho intramolecular Hbond substituents is 2. The predicted molar refractivity (Wildman–Crippen MR) is 141 cm³/mol. The summed E-state index contributed by atoms with van der Waals surface area (Å²) in [5.41, 5.74) is 3.42. The van der Waals surface area contributed by atoms with Gasteiger partial charge in [0.2, 0.25) is 10.0 Å². The van der Waals surface area contributed by atoms with Crippen LogP contribution in [0, 0.1) is 0 Å². The molecule has 1 aliphatic rings. The Morgan fingerprint density at radius 2 is 1.34 bits per heavy atom. The number of nitrogens with zero attached hydrogens (tertiary/aromatic N) is 1. The minimum absolute atomic E-state index is 0.00681. The minimum atomic E-state index is -3.56. The lowest BCUT2D eigenvalue weighted by Crippen LogP contribution is -2.42. The molecule has 6 nitrogen and oxygen atoms in total. The van der Waals surface area contributed by atoms with Gasteiger partial charge in [0.05, 0.1) is 5.75 Å². The van der Waals surface area contributed by atoms with Crippen LogP contribution in [0.15, 0.2) is 72.9 Å². The molecule has 1 fully saturated rings. The van der Waals surface area contributed by atoms with Crippen LogP contribution in [0.3, 0.4) is 0 Å². The summed E-state index contributed by atoms with van der Waals surface area (Å²) in [6.07, 6.45) is 8.10. The number of aromatic hydroxyl groups is 2. The third-order valence-corrected chi connectivity index (χ3v) is 7.72. The molecule has 2 N–H and O–H groups in total. The molecule has 2 aromatic rings. The van der Waals surface area contributed by atoms with Gasteiger partial charge in [0, 0.05) is 24.2 Å². The Balaban J connectivity index is 2.07. The van der Waals surface area contributed by atoms with Crippen LogP contribution in [0.25, 0.3) is 12.2 Å². The van der Waals surface area contributed by atoms with E-state index in [0.29, 0.717) is 52.7 Å². The summed E-state index contributed by atoms with van der Waals surface area (Å²) in [4.78, 5) is 13.4. The molecule has 184 valence electrons. The second kappa shape index (κ2) is 11.3. The molecule has 0 spiro atoms. The first-order valence-corrected chi connectivity index (χ1v) is 13.1. The number of benzene rings is 2. The van der Waals surface area contributed by atoms with Crippen molar-refractivity contribution < 1.29 is 23.4 Å². The molecule has 0 aromatic heterocycles. The first kappa shape index (κ1) is 26.2. The van der Waals surface area contributed by atoms with Crippen LogP contribution in [0.4, 0.5) is 0 Å². The number of Topliss-reactive ketones (excluding diaryl/α,β-unsaturated/α-hetero) is 1. The van der Waals surface area contributed by atoms with Crippen molar-refractivity contribution in [2.75, 3.05) is 18.8 Å². The van der Waals surface area contributed by atoms with Crippen molar-refractivity contribution in [1.82, 2.24) is 4.31 Å². The lowest BCUT2D eigenvalue weighted by Gasteiger charge is -2.29. The van der Waals surface area contributed by atoms with Gasteiger partial charge in [-0.15, -0.1) is 13.2 Å². The van der Waals surface area contributed by atoms with E-state index < -0.39 is 10.0 Å². The van der Waals surface area contributed by atoms with Crippen LogP contribution in [-0.4, -0.2) is 47.6 Å². The fourth-order valence-corrected chi connectivity index (χ4v) is 5.47. The van der Waals surface area contributed by atoms with Crippen molar-refractivity contribution in [3.05, 3.63) is 95.1 Å². The summed E-state index contributed by atoms with van der Waals surface area (Å²) in [5.74, 6) is 0.0344. The number of ketones is 1. The highest BCUT2D eigenvalue weighted by Gasteiger charge is 2.32. The maximum absolute atomic E-state index is 13.4. The van der Waals surface area contributed by atoms with Crippen molar-refractivity contribution in [1.29, 1.82) is 0 Å². The molecule has 0 bridgehead atoms. The van der Waals surface area contributed by atoms with Crippen molar-refractivity contribution in [3.63, 3.8) is 0 Å². The van der Waals surface area contributed by atoms with Gasteiger partial charge in [-0.25, -0.2) is 8.42 Å². The third-order valence-electron chi connectivity index (χ3n) is 5.75. The van der Waals surface area contributed by atoms with E-state index in [9.17, 15) is 23.4 Å². The quantitative estimate of drug-likeness (QED) is 0.392. The topological polar surface area (TPSA) is 94.9 Å². The lowest BCUT2D eigenvalue weighted by molar-refractivity contribution is -0.113. The molecule has 3 rings (SSSR count). The second-order valence-corrected chi connectivity index (χ2v) is 10.6. The Hall–Kier alpha value is -3.42. The number of piperidine rings is 1. The Morgan fingerprint density at radius 3 is 1.74 bits per heavy atom. The van der Waals surface area contributed by atoms with Gasteiger partial charge in [-0.2, -0.15) is 4.31 Å². The molecule has 0 aliphatic carbocycles. The second-order valence-electron chi connectivity index (χ2n) is 8.51. The van der Waals surface area contributed by atoms with Gasteiger partial charge in [0.25, 0.3) is 0 Å². The molecule has 0 atom stereocenters. The van der Waals surface area contributed by atoms with Crippen LogP contribution < -0.4 is 0 Å². The third kappa shape index (κ3) is 6.38. The van der Waals surface area contributed by atoms with E-state index in [1.165, 1.54) is 4.31 Å². The van der Waals surface area contributed by atoms with Crippen LogP contribution >= 0.6 is 0 Å². The van der Waals surface area contributed by atoms with Crippen molar-refractivity contribution in [2.24, 2.45) is 0 Å². The fraction of sp³-hybridized carbons (Fsp3) is 0.250. The van der Waals surface area contributed by atoms with Gasteiger partial charge in [0.1, 0.15) is 11.5 Å². The minimum Gasteiger partial charge on any atom is -0.508 e. The highest BCUT2D eigenvalue weighted by Crippen LogP contribution is 2.28. The first-order chi connectivity index (χ1) is 16.7. The molecule has 0 unspecified atom stereocenters. The number of allylic oxidation sites excluding steroid dienone is 2. The summed E-state index contributed by atoms with van der Waals surface area (Å²) in [6, 6.07) is 10.0. The standard InChI is InChI=1S/C28H31NO5S/c1-4-7-22-14-20(9-11-26(22)30)16-24-18-29(35(33,34)13-6-3)19-25(28(24)32)17-21-10-12-27(31)23(15-21)8-5-2/h4-5,9-12,14-17,30-31H,1-2,6-8,13,18-19H2,3H3/b24-16+,25-17+. The van der Waals surface area contributed by atoms with E-state index >= 15 is 0 Å². The summed E-state index contributed by atoms with van der Waals surface area (Å²) in [7, 11) is -3.56. The first-order valence-electron chi connectivity index (χ1n) is 11.5. The average molecular weight is 494 g/mol. The van der Waals surface area contributed by atoms with E-state index in [0.717, 1.165) is 0 Å². The molecular weight excluding hydrogens is 462 g/mol. The molecule has 1 heterocycles. The Bertz CT molecular complexity index is 1220. The smallest absolute Gasteiger partial charge is 0.214 e. The maximum Gasteiger partial charge on any atom is 0.214 e. The van der Waals surface area contributed by atoms with E-state index in [2.05, 4.69) is 13.2 Å². The largest absolute Gasteiger partial charge is 0.508 e. The molecule has 35 heavy (non-hydrogen) atoms. The van der Waals surface area contributed by atoms with Crippen molar-refractivity contribution in [2.45, 2.75) is 26.2 Å². The molecule has 1 saturated heterocycles. The number of phenols is 2. The van der Waals surface area contributed by atoms with Gasteiger partial charge in [-0.05, 0) is 77.9 Å². The Labute approximate surface area is 207 Å². The summed E-state index contributed by atoms with van der Waals surface area (Å²) >= 11 is 0. The van der Waals surface area contributed by atoms with E-state index in [-0.39, 0.29) is 36.1 Å². The predicted octanol–water partition coefficient (Wildman–Crippen LogP) is 4.65. The summed E-state index contributed by atoms with van der Waals surface area (Å²) in [5, 5.41) is 20.1. The molecule has 1 aliphatic heterocycles. The van der Waals surface area contributed by atoms with Crippen molar-refractivity contribution in [3.8, 4) is 11.5 Å². The molecule has 0 radical (unpaired) electrons. The monoisotopic (exact) mass is 493 g/mol. The number of carbonyl (C=O) groups is 1. The van der Waals surface area contributed by atoms with E-state index in [1.54, 1.807) is 67.6 Å². The number of rotatable bonds is 9. The number of hydrogen-bond donors (Lipinski definition) is 2. The highest BCUT2D eigenvalue weighted by atomic mass is 32.2. The molecular formula is C28H31NO5S. The van der Waals surface area contributed by atoms with Crippen LogP contribution in [0.2, 0.25) is 0 Å².